The average Bonchev–Trinajstić information content (AvgIpc) is 3.09. The van der Waals surface area contributed by atoms with Gasteiger partial charge in [-0.15, -0.1) is 0 Å². The summed E-state index contributed by atoms with van der Waals surface area (Å²) < 4.78 is 0. The first kappa shape index (κ1) is 17.7. The lowest BCUT2D eigenvalue weighted by Crippen LogP contribution is -2.24. The number of nitrogens with zero attached hydrogens (tertiary/aromatic N) is 2. The molecule has 0 saturated carbocycles. The maximum atomic E-state index is 12.4. The number of allylic oxidation sites excluding steroid dienone is 2. The van der Waals surface area contributed by atoms with Gasteiger partial charge in [-0.2, -0.15) is 0 Å². The van der Waals surface area contributed by atoms with E-state index in [2.05, 4.69) is 20.0 Å². The molecule has 0 bridgehead atoms. The van der Waals surface area contributed by atoms with Crippen LogP contribution in [0.2, 0.25) is 5.02 Å². The zero-order valence-corrected chi connectivity index (χ0v) is 15.1. The van der Waals surface area contributed by atoms with Crippen molar-refractivity contribution in [1.82, 2.24) is 9.97 Å². The lowest BCUT2D eigenvalue weighted by atomic mass is 10.1. The maximum Gasteiger partial charge on any atom is 0.328 e. The van der Waals surface area contributed by atoms with Gasteiger partial charge in [-0.05, 0) is 35.9 Å². The summed E-state index contributed by atoms with van der Waals surface area (Å²) in [6.45, 7) is 0. The number of H-pyrrole nitrogens is 2. The number of para-hydroxylation sites is 2. The Hall–Kier alpha value is -3.71. The van der Waals surface area contributed by atoms with E-state index in [1.807, 2.05) is 12.1 Å². The smallest absolute Gasteiger partial charge is 0.328 e. The predicted octanol–water partition coefficient (Wildman–Crippen LogP) is 1.76. The van der Waals surface area contributed by atoms with Crippen LogP contribution >= 0.6 is 11.6 Å². The summed E-state index contributed by atoms with van der Waals surface area (Å²) in [4.78, 5) is 37.0. The monoisotopic (exact) mass is 392 g/mol. The first-order valence-electron chi connectivity index (χ1n) is 8.27. The topological polar surface area (TPSA) is 111 Å². The van der Waals surface area contributed by atoms with E-state index in [0.717, 1.165) is 5.56 Å². The van der Waals surface area contributed by atoms with E-state index in [-0.39, 0.29) is 17.0 Å². The molecule has 2 aromatic carbocycles. The van der Waals surface area contributed by atoms with Crippen LogP contribution < -0.4 is 22.0 Å². The summed E-state index contributed by atoms with van der Waals surface area (Å²) in [5.74, 6) is -0.308. The Kier molecular flexibility index (Phi) is 4.50. The molecule has 1 aliphatic rings. The Bertz CT molecular complexity index is 1330. The minimum Gasteiger partial charge on any atom is -0.494 e. The van der Waals surface area contributed by atoms with Gasteiger partial charge in [0.1, 0.15) is 5.56 Å². The molecule has 0 spiro atoms. The van der Waals surface area contributed by atoms with Crippen molar-refractivity contribution < 1.29 is 5.11 Å². The Balaban J connectivity index is 1.94. The SMILES string of the molecule is O=c1[nH]c(O)c(C(/C=C/c2ccc(Cl)cc2)=C2N=c3ccccc3=N2)c(=O)[nH]1. The third-order valence-corrected chi connectivity index (χ3v) is 4.33. The van der Waals surface area contributed by atoms with Crippen molar-refractivity contribution in [3.05, 3.63) is 108 Å². The standard InChI is InChI=1S/C20H13ClN4O3/c21-12-8-5-11(6-9-12)7-10-13(16-18(26)24-20(28)25-19(16)27)17-22-14-3-1-2-4-15(14)23-17/h1-10H,(H3,24,25,26,27,28)/b10-7+. The maximum absolute atomic E-state index is 12.4. The molecular weight excluding hydrogens is 380 g/mol. The molecule has 8 heteroatoms. The van der Waals surface area contributed by atoms with Gasteiger partial charge >= 0.3 is 5.69 Å². The van der Waals surface area contributed by atoms with Crippen molar-refractivity contribution in [2.75, 3.05) is 0 Å². The van der Waals surface area contributed by atoms with E-state index in [9.17, 15) is 14.7 Å². The minimum atomic E-state index is -0.805. The zero-order chi connectivity index (χ0) is 19.7. The summed E-state index contributed by atoms with van der Waals surface area (Å²) in [6.07, 6.45) is 3.34. The molecule has 0 fully saturated rings. The summed E-state index contributed by atoms with van der Waals surface area (Å²) in [7, 11) is 0. The van der Waals surface area contributed by atoms with Crippen LogP contribution in [0, 0.1) is 0 Å². The van der Waals surface area contributed by atoms with E-state index < -0.39 is 17.1 Å². The van der Waals surface area contributed by atoms with Crippen molar-refractivity contribution in [3.8, 4) is 5.88 Å². The van der Waals surface area contributed by atoms with Crippen LogP contribution in [0.4, 0.5) is 0 Å². The first-order chi connectivity index (χ1) is 13.5. The number of nitrogens with one attached hydrogen (secondary N) is 2. The molecule has 0 atom stereocenters. The van der Waals surface area contributed by atoms with Gasteiger partial charge in [0.25, 0.3) is 5.56 Å². The molecule has 3 aromatic rings. The van der Waals surface area contributed by atoms with Gasteiger partial charge in [0, 0.05) is 10.6 Å². The van der Waals surface area contributed by atoms with Crippen LogP contribution in [-0.4, -0.2) is 15.1 Å². The lowest BCUT2D eigenvalue weighted by Gasteiger charge is -2.05. The fourth-order valence-corrected chi connectivity index (χ4v) is 2.90. The Morgan fingerprint density at radius 3 is 2.21 bits per heavy atom. The number of fused-ring (bicyclic) bond motifs is 1. The summed E-state index contributed by atoms with van der Waals surface area (Å²) >= 11 is 5.91. The van der Waals surface area contributed by atoms with E-state index in [4.69, 9.17) is 11.6 Å². The predicted molar refractivity (Wildman–Crippen MR) is 106 cm³/mol. The number of hydrogen-bond donors (Lipinski definition) is 3. The van der Waals surface area contributed by atoms with Crippen molar-refractivity contribution in [1.29, 1.82) is 0 Å². The molecule has 0 radical (unpaired) electrons. The molecule has 0 unspecified atom stereocenters. The molecule has 0 aliphatic carbocycles. The fourth-order valence-electron chi connectivity index (χ4n) is 2.77. The Morgan fingerprint density at radius 1 is 0.964 bits per heavy atom. The van der Waals surface area contributed by atoms with Crippen molar-refractivity contribution in [2.45, 2.75) is 0 Å². The fraction of sp³-hybridized carbons (Fsp3) is 0. The molecule has 0 amide bonds. The van der Waals surface area contributed by atoms with Gasteiger partial charge in [0.2, 0.25) is 5.88 Å². The molecule has 4 rings (SSSR count). The Morgan fingerprint density at radius 2 is 1.61 bits per heavy atom. The first-order valence-corrected chi connectivity index (χ1v) is 8.65. The molecule has 7 nitrogen and oxygen atoms in total. The third kappa shape index (κ3) is 3.43. The highest BCUT2D eigenvalue weighted by Gasteiger charge is 2.18. The number of rotatable bonds is 3. The van der Waals surface area contributed by atoms with Crippen LogP contribution in [0.25, 0.3) is 11.6 Å². The minimum absolute atomic E-state index is 0.125. The van der Waals surface area contributed by atoms with E-state index in [1.54, 1.807) is 48.6 Å². The number of aromatic nitrogens is 2. The second-order valence-electron chi connectivity index (χ2n) is 5.97. The van der Waals surface area contributed by atoms with Gasteiger partial charge < -0.3 is 5.11 Å². The van der Waals surface area contributed by atoms with Crippen molar-refractivity contribution >= 4 is 23.3 Å². The molecule has 2 heterocycles. The summed E-state index contributed by atoms with van der Waals surface area (Å²) in [6, 6.07) is 14.3. The Labute approximate surface area is 162 Å². The van der Waals surface area contributed by atoms with Crippen molar-refractivity contribution in [2.24, 2.45) is 9.98 Å². The molecular formula is C20H13ClN4O3. The van der Waals surface area contributed by atoms with Gasteiger partial charge in [-0.25, -0.2) is 14.8 Å². The summed E-state index contributed by atoms with van der Waals surface area (Å²) in [5, 5.41) is 12.1. The number of halogens is 1. The van der Waals surface area contributed by atoms with Crippen LogP contribution in [0.1, 0.15) is 11.1 Å². The highest BCUT2D eigenvalue weighted by molar-refractivity contribution is 6.30. The average molecular weight is 393 g/mol. The molecule has 1 aliphatic heterocycles. The second-order valence-corrected chi connectivity index (χ2v) is 6.40. The number of aromatic hydroxyl groups is 1. The molecule has 1 aromatic heterocycles. The van der Waals surface area contributed by atoms with E-state index >= 15 is 0 Å². The van der Waals surface area contributed by atoms with Gasteiger partial charge in [-0.1, -0.05) is 41.9 Å². The van der Waals surface area contributed by atoms with Crippen molar-refractivity contribution in [3.63, 3.8) is 0 Å². The highest BCUT2D eigenvalue weighted by Crippen LogP contribution is 2.25. The molecule has 0 saturated heterocycles. The largest absolute Gasteiger partial charge is 0.494 e. The molecule has 28 heavy (non-hydrogen) atoms. The number of aromatic amines is 2. The van der Waals surface area contributed by atoms with Gasteiger partial charge in [0.15, 0.2) is 5.82 Å². The molecule has 3 N–H and O–H groups in total. The normalized spacial score (nSPS) is 12.5. The van der Waals surface area contributed by atoms with Gasteiger partial charge in [-0.3, -0.25) is 14.8 Å². The summed E-state index contributed by atoms with van der Waals surface area (Å²) in [5.41, 5.74) is -0.591. The van der Waals surface area contributed by atoms with E-state index in [1.165, 1.54) is 0 Å². The number of benzene rings is 2. The van der Waals surface area contributed by atoms with Crippen LogP contribution in [0.5, 0.6) is 5.88 Å². The van der Waals surface area contributed by atoms with Crippen LogP contribution in [0.15, 0.2) is 80.0 Å². The molecule has 138 valence electrons. The van der Waals surface area contributed by atoms with Crippen LogP contribution in [0.3, 0.4) is 0 Å². The lowest BCUT2D eigenvalue weighted by molar-refractivity contribution is 0.446. The second kappa shape index (κ2) is 7.13. The van der Waals surface area contributed by atoms with Gasteiger partial charge in [0.05, 0.1) is 10.7 Å². The highest BCUT2D eigenvalue weighted by atomic mass is 35.5. The van der Waals surface area contributed by atoms with E-state index in [0.29, 0.717) is 15.7 Å². The quantitative estimate of drug-likeness (QED) is 0.631. The number of hydrogen-bond acceptors (Lipinski definition) is 5. The third-order valence-electron chi connectivity index (χ3n) is 4.08. The van der Waals surface area contributed by atoms with Crippen LogP contribution in [-0.2, 0) is 0 Å². The zero-order valence-electron chi connectivity index (χ0n) is 14.3.